The molecule has 0 unspecified atom stereocenters. The molecule has 124 valence electrons. The van der Waals surface area contributed by atoms with Gasteiger partial charge in [-0.1, -0.05) is 6.07 Å². The van der Waals surface area contributed by atoms with E-state index in [9.17, 15) is 9.59 Å². The number of benzene rings is 1. The van der Waals surface area contributed by atoms with Gasteiger partial charge in [0.15, 0.2) is 0 Å². The van der Waals surface area contributed by atoms with E-state index >= 15 is 0 Å². The molecule has 1 aromatic carbocycles. The molecule has 2 aliphatic rings. The highest BCUT2D eigenvalue weighted by molar-refractivity contribution is 6.03. The van der Waals surface area contributed by atoms with Gasteiger partial charge in [0, 0.05) is 19.3 Å². The first kappa shape index (κ1) is 15.8. The molecule has 1 saturated carbocycles. The molecule has 23 heavy (non-hydrogen) atoms. The van der Waals surface area contributed by atoms with Gasteiger partial charge < -0.3 is 15.4 Å². The molecule has 5 nitrogen and oxygen atoms in total. The summed E-state index contributed by atoms with van der Waals surface area (Å²) in [6, 6.07) is 3.92. The third-order valence-corrected chi connectivity index (χ3v) is 5.12. The molecule has 1 aromatic rings. The van der Waals surface area contributed by atoms with Gasteiger partial charge >= 0.3 is 5.97 Å². The van der Waals surface area contributed by atoms with Crippen LogP contribution in [0.25, 0.3) is 0 Å². The van der Waals surface area contributed by atoms with E-state index in [1.54, 1.807) is 4.90 Å². The maximum absolute atomic E-state index is 12.3. The van der Waals surface area contributed by atoms with Crippen LogP contribution in [0.5, 0.6) is 0 Å². The van der Waals surface area contributed by atoms with Crippen LogP contribution in [0, 0.1) is 5.92 Å². The molecule has 0 radical (unpaired) electrons. The van der Waals surface area contributed by atoms with E-state index in [0.29, 0.717) is 30.3 Å². The van der Waals surface area contributed by atoms with Crippen LogP contribution in [0.3, 0.4) is 0 Å². The summed E-state index contributed by atoms with van der Waals surface area (Å²) in [4.78, 5) is 25.8. The van der Waals surface area contributed by atoms with Gasteiger partial charge in [-0.25, -0.2) is 0 Å². The third kappa shape index (κ3) is 2.80. The molecule has 1 amide bonds. The van der Waals surface area contributed by atoms with Crippen LogP contribution < -0.4 is 5.73 Å². The van der Waals surface area contributed by atoms with Crippen molar-refractivity contribution < 1.29 is 14.3 Å². The molecule has 1 aliphatic heterocycles. The first-order valence-electron chi connectivity index (χ1n) is 8.36. The Hall–Kier alpha value is -2.04. The molecule has 3 rings (SSSR count). The fourth-order valence-electron chi connectivity index (χ4n) is 3.89. The molecule has 1 aliphatic carbocycles. The molecule has 5 heteroatoms. The number of amides is 1. The second-order valence-corrected chi connectivity index (χ2v) is 6.56. The Morgan fingerprint density at radius 2 is 2.00 bits per heavy atom. The number of carbonyl (C=O) groups is 2. The highest BCUT2D eigenvalue weighted by Crippen LogP contribution is 2.41. The van der Waals surface area contributed by atoms with Crippen molar-refractivity contribution in [1.82, 2.24) is 4.90 Å². The number of nitrogen functional groups attached to an aromatic ring is 1. The van der Waals surface area contributed by atoms with E-state index < -0.39 is 0 Å². The average molecular weight is 316 g/mol. The number of rotatable bonds is 3. The van der Waals surface area contributed by atoms with Gasteiger partial charge in [0.05, 0.1) is 18.1 Å². The molecule has 0 bridgehead atoms. The summed E-state index contributed by atoms with van der Waals surface area (Å²) in [6.45, 7) is 2.92. The number of nitrogens with two attached hydrogens (primary N) is 1. The van der Waals surface area contributed by atoms with E-state index in [1.165, 1.54) is 5.56 Å². The number of carbonyl (C=O) groups excluding carboxylic acids is 2. The van der Waals surface area contributed by atoms with E-state index in [2.05, 4.69) is 6.07 Å². The first-order valence-corrected chi connectivity index (χ1v) is 8.36. The minimum atomic E-state index is -0.0663. The van der Waals surface area contributed by atoms with Crippen molar-refractivity contribution in [1.29, 1.82) is 0 Å². The standard InChI is InChI=1S/C18H24N2O3/c1-3-23-18(22)12-6-4-11(5-7-12)13-8-9-15(19)16-14(13)10-20(2)17(16)21/h8-9,11-12H,3-7,10,19H2,1-2H3/t11-,12+. The lowest BCUT2D eigenvalue weighted by molar-refractivity contribution is -0.149. The molecular weight excluding hydrogens is 292 g/mol. The summed E-state index contributed by atoms with van der Waals surface area (Å²) < 4.78 is 5.13. The van der Waals surface area contributed by atoms with Gasteiger partial charge in [0.25, 0.3) is 5.91 Å². The number of hydrogen-bond acceptors (Lipinski definition) is 4. The van der Waals surface area contributed by atoms with Gasteiger partial charge in [0.1, 0.15) is 0 Å². The fourth-order valence-corrected chi connectivity index (χ4v) is 3.89. The summed E-state index contributed by atoms with van der Waals surface area (Å²) in [7, 11) is 1.81. The van der Waals surface area contributed by atoms with Crippen LogP contribution in [0.2, 0.25) is 0 Å². The van der Waals surface area contributed by atoms with Crippen LogP contribution in [0.15, 0.2) is 12.1 Å². The quantitative estimate of drug-likeness (QED) is 0.687. The third-order valence-electron chi connectivity index (χ3n) is 5.12. The Balaban J connectivity index is 1.78. The Kier molecular flexibility index (Phi) is 4.28. The largest absolute Gasteiger partial charge is 0.466 e. The summed E-state index contributed by atoms with van der Waals surface area (Å²) in [5.74, 6) is 0.370. The second-order valence-electron chi connectivity index (χ2n) is 6.56. The highest BCUT2D eigenvalue weighted by Gasteiger charge is 2.34. The van der Waals surface area contributed by atoms with Gasteiger partial charge in [0.2, 0.25) is 0 Å². The Morgan fingerprint density at radius 1 is 1.30 bits per heavy atom. The van der Waals surface area contributed by atoms with E-state index in [-0.39, 0.29) is 17.8 Å². The lowest BCUT2D eigenvalue weighted by atomic mass is 9.77. The van der Waals surface area contributed by atoms with Crippen molar-refractivity contribution in [3.8, 4) is 0 Å². The van der Waals surface area contributed by atoms with Crippen molar-refractivity contribution in [2.24, 2.45) is 5.92 Å². The molecule has 1 fully saturated rings. The maximum Gasteiger partial charge on any atom is 0.308 e. The SMILES string of the molecule is CCOC(=O)[C@H]1CC[C@@H](c2ccc(N)c3c2CN(C)C3=O)CC1. The van der Waals surface area contributed by atoms with E-state index in [1.807, 2.05) is 20.0 Å². The molecule has 1 heterocycles. The molecule has 0 saturated heterocycles. The first-order chi connectivity index (χ1) is 11.0. The summed E-state index contributed by atoms with van der Waals surface area (Å²) >= 11 is 0. The van der Waals surface area contributed by atoms with Crippen LogP contribution in [0.1, 0.15) is 60.0 Å². The monoisotopic (exact) mass is 316 g/mol. The molecular formula is C18H24N2O3. The predicted octanol–water partition coefficient (Wildman–Crippen LogP) is 2.69. The number of hydrogen-bond donors (Lipinski definition) is 1. The van der Waals surface area contributed by atoms with Crippen molar-refractivity contribution in [3.05, 3.63) is 28.8 Å². The molecule has 2 N–H and O–H groups in total. The van der Waals surface area contributed by atoms with Gasteiger partial charge in [-0.05, 0) is 55.7 Å². The molecule has 0 aromatic heterocycles. The zero-order valence-electron chi connectivity index (χ0n) is 13.8. The summed E-state index contributed by atoms with van der Waals surface area (Å²) in [6.07, 6.45) is 3.62. The Bertz CT molecular complexity index is 633. The zero-order chi connectivity index (χ0) is 16.6. The molecule has 0 atom stereocenters. The molecule has 0 spiro atoms. The van der Waals surface area contributed by atoms with Crippen molar-refractivity contribution in [2.45, 2.75) is 45.1 Å². The van der Waals surface area contributed by atoms with Crippen molar-refractivity contribution in [2.75, 3.05) is 19.4 Å². The van der Waals surface area contributed by atoms with Crippen molar-refractivity contribution in [3.63, 3.8) is 0 Å². The minimum absolute atomic E-state index is 0.0135. The lowest BCUT2D eigenvalue weighted by Crippen LogP contribution is -2.23. The summed E-state index contributed by atoms with van der Waals surface area (Å²) in [5, 5.41) is 0. The number of nitrogens with zero attached hydrogens (tertiary/aromatic N) is 1. The topological polar surface area (TPSA) is 72.6 Å². The second kappa shape index (κ2) is 6.22. The van der Waals surface area contributed by atoms with Crippen LogP contribution in [-0.4, -0.2) is 30.4 Å². The maximum atomic E-state index is 12.3. The van der Waals surface area contributed by atoms with E-state index in [0.717, 1.165) is 31.2 Å². The number of fused-ring (bicyclic) bond motifs is 1. The predicted molar refractivity (Wildman–Crippen MR) is 88.0 cm³/mol. The highest BCUT2D eigenvalue weighted by atomic mass is 16.5. The van der Waals surface area contributed by atoms with Crippen LogP contribution in [-0.2, 0) is 16.1 Å². The smallest absolute Gasteiger partial charge is 0.308 e. The average Bonchev–Trinajstić information content (AvgIpc) is 2.84. The lowest BCUT2D eigenvalue weighted by Gasteiger charge is -2.28. The van der Waals surface area contributed by atoms with Crippen LogP contribution >= 0.6 is 0 Å². The number of ether oxygens (including phenoxy) is 1. The minimum Gasteiger partial charge on any atom is -0.466 e. The number of anilines is 1. The summed E-state index contributed by atoms with van der Waals surface area (Å²) in [5.41, 5.74) is 9.57. The fraction of sp³-hybridized carbons (Fsp3) is 0.556. The van der Waals surface area contributed by atoms with Gasteiger partial charge in [-0.15, -0.1) is 0 Å². The Morgan fingerprint density at radius 3 is 2.65 bits per heavy atom. The van der Waals surface area contributed by atoms with Gasteiger partial charge in [-0.2, -0.15) is 0 Å². The van der Waals surface area contributed by atoms with Gasteiger partial charge in [-0.3, -0.25) is 9.59 Å². The Labute approximate surface area is 136 Å². The van der Waals surface area contributed by atoms with Crippen LogP contribution in [0.4, 0.5) is 5.69 Å². The van der Waals surface area contributed by atoms with E-state index in [4.69, 9.17) is 10.5 Å². The van der Waals surface area contributed by atoms with Crippen molar-refractivity contribution >= 4 is 17.6 Å². The zero-order valence-corrected chi connectivity index (χ0v) is 13.8. The normalized spacial score (nSPS) is 23.7. The number of esters is 1.